The Hall–Kier alpha value is -3.82. The summed E-state index contributed by atoms with van der Waals surface area (Å²) in [5.74, 6) is 1.84. The van der Waals surface area contributed by atoms with Gasteiger partial charge in [0.05, 0.1) is 5.56 Å². The molecule has 0 aromatic heterocycles. The second-order valence-corrected chi connectivity index (χ2v) is 10.5. The Bertz CT molecular complexity index is 1380. The number of fused-ring (bicyclic) bond motifs is 1. The number of carbonyl (C=O) groups is 1. The van der Waals surface area contributed by atoms with Crippen LogP contribution in [0.4, 0.5) is 29.3 Å². The minimum Gasteiger partial charge on any atom is -0.462 e. The van der Waals surface area contributed by atoms with E-state index in [0.29, 0.717) is 30.4 Å². The van der Waals surface area contributed by atoms with Crippen LogP contribution in [0.15, 0.2) is 72.5 Å². The van der Waals surface area contributed by atoms with Crippen molar-refractivity contribution in [2.75, 3.05) is 43.9 Å². The Morgan fingerprint density at radius 2 is 1.62 bits per heavy atom. The zero-order valence-corrected chi connectivity index (χ0v) is 22.6. The molecule has 2 amide bonds. The number of ether oxygens (including phenoxy) is 1. The second-order valence-electron chi connectivity index (χ2n) is 10.5. The Labute approximate surface area is 232 Å². The topological polar surface area (TPSA) is 56.8 Å². The zero-order chi connectivity index (χ0) is 28.3. The third-order valence-electron chi connectivity index (χ3n) is 7.37. The van der Waals surface area contributed by atoms with Crippen LogP contribution in [0.25, 0.3) is 6.08 Å². The lowest BCUT2D eigenvalue weighted by Crippen LogP contribution is -2.44. The van der Waals surface area contributed by atoms with Gasteiger partial charge in [0.15, 0.2) is 0 Å². The number of likely N-dealkylation sites (N-methyl/N-ethyl adjacent to an activating group) is 1. The third-order valence-corrected chi connectivity index (χ3v) is 7.37. The van der Waals surface area contributed by atoms with Gasteiger partial charge in [0, 0.05) is 50.5 Å². The van der Waals surface area contributed by atoms with Crippen LogP contribution in [0, 0.1) is 0 Å². The highest BCUT2D eigenvalue weighted by Gasteiger charge is 2.34. The molecule has 2 N–H and O–H groups in total. The fourth-order valence-electron chi connectivity index (χ4n) is 5.16. The van der Waals surface area contributed by atoms with Crippen molar-refractivity contribution in [2.45, 2.75) is 32.0 Å². The number of hydrogen-bond acceptors (Lipinski definition) is 4. The summed E-state index contributed by atoms with van der Waals surface area (Å²) >= 11 is 0. The highest BCUT2D eigenvalue weighted by atomic mass is 19.4. The predicted octanol–water partition coefficient (Wildman–Crippen LogP) is 7.02. The monoisotopic (exact) mass is 550 g/mol. The van der Waals surface area contributed by atoms with Gasteiger partial charge >= 0.3 is 12.2 Å². The maximum atomic E-state index is 13.9. The molecule has 2 aliphatic rings. The first-order chi connectivity index (χ1) is 19.1. The number of alkyl halides is 3. The van der Waals surface area contributed by atoms with Gasteiger partial charge in [0.2, 0.25) is 0 Å². The molecule has 1 fully saturated rings. The molecule has 5 rings (SSSR count). The van der Waals surface area contributed by atoms with Gasteiger partial charge in [-0.1, -0.05) is 37.3 Å². The number of piperazine rings is 1. The molecule has 9 heteroatoms. The van der Waals surface area contributed by atoms with Crippen molar-refractivity contribution in [3.05, 3.63) is 94.7 Å². The summed E-state index contributed by atoms with van der Waals surface area (Å²) in [7, 11) is 2.00. The summed E-state index contributed by atoms with van der Waals surface area (Å²) in [6.07, 6.45) is -1.70. The van der Waals surface area contributed by atoms with Crippen LogP contribution in [0.3, 0.4) is 0 Å². The third kappa shape index (κ3) is 6.84. The molecule has 3 aromatic carbocycles. The number of nitrogens with zero attached hydrogens (tertiary/aromatic N) is 2. The lowest BCUT2D eigenvalue weighted by Gasteiger charge is -2.33. The lowest BCUT2D eigenvalue weighted by atomic mass is 9.87. The number of halogens is 3. The highest BCUT2D eigenvalue weighted by molar-refractivity contribution is 5.99. The maximum Gasteiger partial charge on any atom is 0.416 e. The van der Waals surface area contributed by atoms with Gasteiger partial charge in [-0.25, -0.2) is 4.79 Å². The molecule has 210 valence electrons. The van der Waals surface area contributed by atoms with E-state index in [1.54, 1.807) is 24.3 Å². The Morgan fingerprint density at radius 3 is 2.35 bits per heavy atom. The van der Waals surface area contributed by atoms with Gasteiger partial charge in [-0.2, -0.15) is 13.2 Å². The molecular weight excluding hydrogens is 517 g/mol. The standard InChI is InChI=1S/C31H33F3N4O2/c1-21-17-27(18-22-5-3-4-6-28(21)22)40-26-11-9-24(10-12-26)35-30(39)36-25-8-7-23(29(19-25)31(32,33)34)20-38-15-13-37(2)14-16-38/h3-12,18-19,21H,13-17,20H2,1-2H3,(H2,35,36,39). The molecule has 1 heterocycles. The van der Waals surface area contributed by atoms with Crippen molar-refractivity contribution in [3.8, 4) is 5.75 Å². The number of urea groups is 1. The number of amides is 2. The molecule has 1 atom stereocenters. The molecule has 0 spiro atoms. The van der Waals surface area contributed by atoms with Crippen LogP contribution in [-0.4, -0.2) is 49.1 Å². The average molecular weight is 551 g/mol. The Balaban J connectivity index is 1.20. The quantitative estimate of drug-likeness (QED) is 0.346. The van der Waals surface area contributed by atoms with Gasteiger partial charge in [-0.05, 0) is 72.1 Å². The molecule has 0 radical (unpaired) electrons. The van der Waals surface area contributed by atoms with Crippen molar-refractivity contribution in [1.82, 2.24) is 9.80 Å². The highest BCUT2D eigenvalue weighted by Crippen LogP contribution is 2.36. The molecular formula is C31H33F3N4O2. The van der Waals surface area contributed by atoms with Crippen LogP contribution < -0.4 is 15.4 Å². The first-order valence-corrected chi connectivity index (χ1v) is 13.4. The van der Waals surface area contributed by atoms with E-state index in [0.717, 1.165) is 36.9 Å². The number of rotatable bonds is 6. The molecule has 0 saturated carbocycles. The number of allylic oxidation sites excluding steroid dienone is 1. The van der Waals surface area contributed by atoms with Crippen molar-refractivity contribution in [1.29, 1.82) is 0 Å². The Morgan fingerprint density at radius 1 is 0.950 bits per heavy atom. The zero-order valence-electron chi connectivity index (χ0n) is 22.6. The molecule has 40 heavy (non-hydrogen) atoms. The summed E-state index contributed by atoms with van der Waals surface area (Å²) in [5.41, 5.74) is 2.47. The molecule has 3 aromatic rings. The van der Waals surface area contributed by atoms with Gasteiger partial charge in [-0.15, -0.1) is 0 Å². The predicted molar refractivity (Wildman–Crippen MR) is 151 cm³/mol. The van der Waals surface area contributed by atoms with Crippen molar-refractivity contribution < 1.29 is 22.7 Å². The van der Waals surface area contributed by atoms with Crippen molar-refractivity contribution >= 4 is 23.5 Å². The lowest BCUT2D eigenvalue weighted by molar-refractivity contribution is -0.138. The molecule has 1 unspecified atom stereocenters. The minimum absolute atomic E-state index is 0.0746. The number of benzene rings is 3. The van der Waals surface area contributed by atoms with Crippen LogP contribution in [-0.2, 0) is 12.7 Å². The summed E-state index contributed by atoms with van der Waals surface area (Å²) in [6, 6.07) is 18.4. The Kier molecular flexibility index (Phi) is 8.14. The van der Waals surface area contributed by atoms with Crippen molar-refractivity contribution in [2.24, 2.45) is 0 Å². The number of anilines is 2. The molecule has 1 aliphatic carbocycles. The average Bonchev–Trinajstić information content (AvgIpc) is 2.91. The smallest absolute Gasteiger partial charge is 0.416 e. The van der Waals surface area contributed by atoms with Gasteiger partial charge < -0.3 is 20.3 Å². The molecule has 1 saturated heterocycles. The summed E-state index contributed by atoms with van der Waals surface area (Å²) in [4.78, 5) is 16.7. The van der Waals surface area contributed by atoms with E-state index < -0.39 is 17.8 Å². The van der Waals surface area contributed by atoms with E-state index in [9.17, 15) is 18.0 Å². The summed E-state index contributed by atoms with van der Waals surface area (Å²) < 4.78 is 47.7. The first-order valence-electron chi connectivity index (χ1n) is 13.4. The van der Waals surface area contributed by atoms with Gasteiger partial charge in [-0.3, -0.25) is 4.90 Å². The van der Waals surface area contributed by atoms with Crippen LogP contribution in [0.2, 0.25) is 0 Å². The van der Waals surface area contributed by atoms with Crippen LogP contribution in [0.5, 0.6) is 5.75 Å². The molecule has 6 nitrogen and oxygen atoms in total. The minimum atomic E-state index is -4.53. The number of nitrogens with one attached hydrogen (secondary N) is 2. The van der Waals surface area contributed by atoms with Crippen LogP contribution in [0.1, 0.15) is 41.5 Å². The fourth-order valence-corrected chi connectivity index (χ4v) is 5.16. The van der Waals surface area contributed by atoms with Gasteiger partial charge in [0.25, 0.3) is 0 Å². The number of carbonyl (C=O) groups excluding carboxylic acids is 1. The SMILES string of the molecule is CC1CC(Oc2ccc(NC(=O)Nc3ccc(CN4CCN(C)CC4)c(C(F)(F)F)c3)cc2)=Cc2ccccc21. The van der Waals surface area contributed by atoms with E-state index in [-0.39, 0.29) is 17.8 Å². The molecule has 1 aliphatic heterocycles. The van der Waals surface area contributed by atoms with E-state index in [1.165, 1.54) is 17.7 Å². The fraction of sp³-hybridized carbons (Fsp3) is 0.323. The van der Waals surface area contributed by atoms with Gasteiger partial charge in [0.1, 0.15) is 11.5 Å². The first kappa shape index (κ1) is 27.7. The van der Waals surface area contributed by atoms with E-state index in [4.69, 9.17) is 4.74 Å². The van der Waals surface area contributed by atoms with E-state index >= 15 is 0 Å². The number of hydrogen-bond donors (Lipinski definition) is 2. The normalized spacial score (nSPS) is 18.0. The van der Waals surface area contributed by atoms with Crippen molar-refractivity contribution in [3.63, 3.8) is 0 Å². The summed E-state index contributed by atoms with van der Waals surface area (Å²) in [5, 5.41) is 5.19. The maximum absolute atomic E-state index is 13.9. The molecule has 0 bridgehead atoms. The summed E-state index contributed by atoms with van der Waals surface area (Å²) in [6.45, 7) is 5.45. The van der Waals surface area contributed by atoms with E-state index in [1.807, 2.05) is 30.2 Å². The van der Waals surface area contributed by atoms with E-state index in [2.05, 4.69) is 34.6 Å². The largest absolute Gasteiger partial charge is 0.462 e. The second kappa shape index (κ2) is 11.7. The van der Waals surface area contributed by atoms with Crippen LogP contribution >= 0.6 is 0 Å².